The van der Waals surface area contributed by atoms with E-state index in [1.807, 2.05) is 31.2 Å². The fraction of sp³-hybridized carbons (Fsp3) is 0.350. The molecule has 2 aromatic carbocycles. The molecule has 1 saturated heterocycles. The van der Waals surface area contributed by atoms with Crippen LogP contribution in [0, 0.1) is 6.92 Å². The van der Waals surface area contributed by atoms with Gasteiger partial charge in [-0.15, -0.1) is 0 Å². The molecule has 1 fully saturated rings. The molecule has 0 aliphatic carbocycles. The second-order valence-electron chi connectivity index (χ2n) is 6.64. The molecule has 1 heterocycles. The van der Waals surface area contributed by atoms with Gasteiger partial charge in [0, 0.05) is 31.9 Å². The van der Waals surface area contributed by atoms with Gasteiger partial charge in [0.25, 0.3) is 0 Å². The van der Waals surface area contributed by atoms with Crippen LogP contribution in [0.1, 0.15) is 5.56 Å². The van der Waals surface area contributed by atoms with E-state index in [-0.39, 0.29) is 10.8 Å². The Labute approximate surface area is 160 Å². The molecule has 0 atom stereocenters. The van der Waals surface area contributed by atoms with E-state index < -0.39 is 15.6 Å². The summed E-state index contributed by atoms with van der Waals surface area (Å²) in [4.78, 5) is 16.5. The molecule has 6 nitrogen and oxygen atoms in total. The fourth-order valence-corrected chi connectivity index (χ4v) is 4.31. The first kappa shape index (κ1) is 19.2. The Balaban J connectivity index is 1.58. The third-order valence-corrected chi connectivity index (χ3v) is 6.38. The molecule has 1 aliphatic heterocycles. The number of carbonyl (C=O) groups excluding carboxylic acids is 1. The molecule has 2 aromatic rings. The first-order valence-electron chi connectivity index (χ1n) is 8.85. The highest BCUT2D eigenvalue weighted by molar-refractivity contribution is 7.92. The predicted molar refractivity (Wildman–Crippen MR) is 105 cm³/mol. The van der Waals surface area contributed by atoms with E-state index in [0.717, 1.165) is 17.0 Å². The van der Waals surface area contributed by atoms with Crippen molar-refractivity contribution in [2.45, 2.75) is 11.8 Å². The van der Waals surface area contributed by atoms with Crippen molar-refractivity contribution in [3.05, 3.63) is 54.1 Å². The van der Waals surface area contributed by atoms with Crippen molar-refractivity contribution in [1.29, 1.82) is 0 Å². The highest BCUT2D eigenvalue weighted by Gasteiger charge is 2.26. The summed E-state index contributed by atoms with van der Waals surface area (Å²) in [6, 6.07) is 14.4. The average molecular weight is 388 g/mol. The Morgan fingerprint density at radius 2 is 1.56 bits per heavy atom. The van der Waals surface area contributed by atoms with Gasteiger partial charge in [0.1, 0.15) is 11.5 Å². The normalized spacial score (nSPS) is 14.9. The van der Waals surface area contributed by atoms with Gasteiger partial charge in [-0.2, -0.15) is 0 Å². The number of nitrogens with zero attached hydrogens (tertiary/aromatic N) is 2. The molecule has 0 unspecified atom stereocenters. The maximum atomic E-state index is 12.5. The average Bonchev–Trinajstić information content (AvgIpc) is 2.68. The summed E-state index contributed by atoms with van der Waals surface area (Å²) < 4.78 is 30.1. The van der Waals surface area contributed by atoms with Gasteiger partial charge in [0.05, 0.1) is 12.0 Å². The van der Waals surface area contributed by atoms with Crippen LogP contribution < -0.4 is 9.64 Å². The van der Waals surface area contributed by atoms with Crippen LogP contribution >= 0.6 is 0 Å². The topological polar surface area (TPSA) is 66.9 Å². The number of rotatable bonds is 5. The van der Waals surface area contributed by atoms with Gasteiger partial charge in [0.15, 0.2) is 9.84 Å². The summed E-state index contributed by atoms with van der Waals surface area (Å²) in [7, 11) is -1.99. The number of sulfone groups is 1. The Morgan fingerprint density at radius 3 is 2.11 bits per heavy atom. The molecule has 0 N–H and O–H groups in total. The fourth-order valence-electron chi connectivity index (χ4n) is 3.09. The molecule has 1 amide bonds. The van der Waals surface area contributed by atoms with Crippen molar-refractivity contribution in [2.75, 3.05) is 43.9 Å². The Morgan fingerprint density at radius 1 is 0.963 bits per heavy atom. The summed E-state index contributed by atoms with van der Waals surface area (Å²) in [5.74, 6) is -0.0303. The second kappa shape index (κ2) is 8.00. The summed E-state index contributed by atoms with van der Waals surface area (Å²) >= 11 is 0. The first-order chi connectivity index (χ1) is 12.9. The van der Waals surface area contributed by atoms with E-state index in [0.29, 0.717) is 26.2 Å². The van der Waals surface area contributed by atoms with Crippen molar-refractivity contribution in [2.24, 2.45) is 0 Å². The van der Waals surface area contributed by atoms with Gasteiger partial charge < -0.3 is 14.5 Å². The van der Waals surface area contributed by atoms with E-state index in [1.54, 1.807) is 36.3 Å². The second-order valence-corrected chi connectivity index (χ2v) is 8.63. The van der Waals surface area contributed by atoms with Crippen LogP contribution in [0.4, 0.5) is 5.69 Å². The van der Waals surface area contributed by atoms with Crippen molar-refractivity contribution in [3.8, 4) is 5.75 Å². The summed E-state index contributed by atoms with van der Waals surface area (Å²) in [5, 5.41) is 0. The molecule has 7 heteroatoms. The minimum Gasteiger partial charge on any atom is -0.497 e. The zero-order chi connectivity index (χ0) is 19.4. The molecular formula is C20H24N2O4S. The van der Waals surface area contributed by atoms with E-state index in [4.69, 9.17) is 4.74 Å². The number of hydrogen-bond acceptors (Lipinski definition) is 5. The smallest absolute Gasteiger partial charge is 0.238 e. The lowest BCUT2D eigenvalue weighted by molar-refractivity contribution is -0.128. The van der Waals surface area contributed by atoms with Gasteiger partial charge in [-0.05, 0) is 43.3 Å². The number of benzene rings is 2. The monoisotopic (exact) mass is 388 g/mol. The summed E-state index contributed by atoms with van der Waals surface area (Å²) in [6.07, 6.45) is 0. The first-order valence-corrected chi connectivity index (χ1v) is 10.5. The van der Waals surface area contributed by atoms with Crippen LogP contribution in [0.3, 0.4) is 0 Å². The Kier molecular flexibility index (Phi) is 5.70. The van der Waals surface area contributed by atoms with E-state index in [1.165, 1.54) is 0 Å². The maximum absolute atomic E-state index is 12.5. The van der Waals surface area contributed by atoms with E-state index >= 15 is 0 Å². The minimum atomic E-state index is -3.62. The van der Waals surface area contributed by atoms with Gasteiger partial charge in [0.2, 0.25) is 5.91 Å². The van der Waals surface area contributed by atoms with E-state index in [2.05, 4.69) is 4.90 Å². The predicted octanol–water partition coefficient (Wildman–Crippen LogP) is 2.13. The highest BCUT2D eigenvalue weighted by atomic mass is 32.2. The van der Waals surface area contributed by atoms with Crippen LogP contribution in [0.25, 0.3) is 0 Å². The van der Waals surface area contributed by atoms with Crippen molar-refractivity contribution < 1.29 is 17.9 Å². The van der Waals surface area contributed by atoms with Crippen LogP contribution in [-0.4, -0.2) is 58.3 Å². The molecule has 0 spiro atoms. The lowest BCUT2D eigenvalue weighted by atomic mass is 10.2. The third-order valence-electron chi connectivity index (χ3n) is 4.76. The van der Waals surface area contributed by atoms with Gasteiger partial charge in [-0.1, -0.05) is 17.7 Å². The summed E-state index contributed by atoms with van der Waals surface area (Å²) in [6.45, 7) is 4.25. The number of carbonyl (C=O) groups is 1. The molecule has 0 saturated carbocycles. The van der Waals surface area contributed by atoms with Gasteiger partial charge in [-0.3, -0.25) is 4.79 Å². The number of ether oxygens (including phenoxy) is 1. The lowest BCUT2D eigenvalue weighted by Crippen LogP contribution is -2.50. The molecule has 0 radical (unpaired) electrons. The zero-order valence-corrected chi connectivity index (χ0v) is 16.4. The minimum absolute atomic E-state index is 0.193. The van der Waals surface area contributed by atoms with Crippen molar-refractivity contribution in [1.82, 2.24) is 4.90 Å². The number of hydrogen-bond donors (Lipinski definition) is 0. The van der Waals surface area contributed by atoms with E-state index in [9.17, 15) is 13.2 Å². The molecule has 1 aliphatic rings. The standard InChI is InChI=1S/C20H24N2O4S/c1-16-3-9-19(10-4-16)27(24,25)15-20(23)22-13-11-21(12-14-22)17-5-7-18(26-2)8-6-17/h3-10H,11-15H2,1-2H3. The van der Waals surface area contributed by atoms with Crippen LogP contribution in [0.15, 0.2) is 53.4 Å². The molecule has 0 aromatic heterocycles. The van der Waals surface area contributed by atoms with Crippen LogP contribution in [-0.2, 0) is 14.6 Å². The quantitative estimate of drug-likeness (QED) is 0.785. The molecule has 0 bridgehead atoms. The van der Waals surface area contributed by atoms with Crippen molar-refractivity contribution >= 4 is 21.4 Å². The molecule has 3 rings (SSSR count). The largest absolute Gasteiger partial charge is 0.497 e. The third kappa shape index (κ3) is 4.60. The number of methoxy groups -OCH3 is 1. The molecular weight excluding hydrogens is 364 g/mol. The number of anilines is 1. The van der Waals surface area contributed by atoms with Gasteiger partial charge >= 0.3 is 0 Å². The van der Waals surface area contributed by atoms with Crippen LogP contribution in [0.5, 0.6) is 5.75 Å². The Hall–Kier alpha value is -2.54. The highest BCUT2D eigenvalue weighted by Crippen LogP contribution is 2.21. The molecule has 27 heavy (non-hydrogen) atoms. The molecule has 144 valence electrons. The SMILES string of the molecule is COc1ccc(N2CCN(C(=O)CS(=O)(=O)c3ccc(C)cc3)CC2)cc1. The van der Waals surface area contributed by atoms with Crippen molar-refractivity contribution in [3.63, 3.8) is 0 Å². The van der Waals surface area contributed by atoms with Gasteiger partial charge in [-0.25, -0.2) is 8.42 Å². The lowest BCUT2D eigenvalue weighted by Gasteiger charge is -2.36. The number of aryl methyl sites for hydroxylation is 1. The Bertz CT molecular complexity index is 885. The maximum Gasteiger partial charge on any atom is 0.238 e. The zero-order valence-electron chi connectivity index (χ0n) is 15.6. The summed E-state index contributed by atoms with van der Waals surface area (Å²) in [5.41, 5.74) is 2.05. The number of piperazine rings is 1. The van der Waals surface area contributed by atoms with Crippen LogP contribution in [0.2, 0.25) is 0 Å². The number of amides is 1.